The molecule has 0 aliphatic carbocycles. The predicted molar refractivity (Wildman–Crippen MR) is 379 cm³/mol. The van der Waals surface area contributed by atoms with Crippen LogP contribution in [0.5, 0.6) is 0 Å². The summed E-state index contributed by atoms with van der Waals surface area (Å²) in [6, 6.07) is 113. The van der Waals surface area contributed by atoms with Gasteiger partial charge in [0.2, 0.25) is 5.95 Å². The number of fused-ring (bicyclic) bond motifs is 14. The largest absolute Gasteiger partial charge is 0.292 e. The summed E-state index contributed by atoms with van der Waals surface area (Å²) in [5.74, 6) is 2.05. The van der Waals surface area contributed by atoms with Crippen molar-refractivity contribution < 1.29 is 0 Å². The van der Waals surface area contributed by atoms with Crippen LogP contribution in [0, 0.1) is 0 Å². The monoisotopic (exact) mass is 1210 g/mol. The summed E-state index contributed by atoms with van der Waals surface area (Å²) < 4.78 is 4.78. The minimum atomic E-state index is 0.598. The maximum atomic E-state index is 5.75. The third-order valence-electron chi connectivity index (χ3n) is 17.8. The van der Waals surface area contributed by atoms with Crippen molar-refractivity contribution >= 4 is 45.3 Å². The van der Waals surface area contributed by atoms with Gasteiger partial charge < -0.3 is 0 Å². The molecule has 0 saturated heterocycles. The molecule has 0 bridgehead atoms. The zero-order chi connectivity index (χ0) is 60.6. The molecule has 2 aliphatic heterocycles. The van der Waals surface area contributed by atoms with Crippen LogP contribution in [-0.4, -0.2) is 29.1 Å². The highest BCUT2D eigenvalue weighted by Gasteiger charge is 2.33. The fourth-order valence-corrected chi connectivity index (χ4v) is 15.9. The summed E-state index contributed by atoms with van der Waals surface area (Å²) in [5, 5.41) is 2.28. The van der Waals surface area contributed by atoms with Gasteiger partial charge in [0.1, 0.15) is 5.82 Å². The van der Waals surface area contributed by atoms with Gasteiger partial charge in [0.25, 0.3) is 0 Å². The summed E-state index contributed by atoms with van der Waals surface area (Å²) in [5.41, 5.74) is 24.3. The highest BCUT2D eigenvalue weighted by molar-refractivity contribution is 8.00. The van der Waals surface area contributed by atoms with Crippen LogP contribution in [0.3, 0.4) is 0 Å². The summed E-state index contributed by atoms with van der Waals surface area (Å²) in [7, 11) is 0. The first-order valence-electron chi connectivity index (χ1n) is 30.9. The molecule has 0 amide bonds. The first-order valence-corrected chi connectivity index (χ1v) is 32.6. The lowest BCUT2D eigenvalue weighted by Gasteiger charge is -2.17. The second-order valence-corrected chi connectivity index (χ2v) is 25.4. The fourth-order valence-electron chi connectivity index (χ4n) is 13.7. The zero-order valence-electron chi connectivity index (χ0n) is 49.5. The van der Waals surface area contributed by atoms with E-state index in [1.54, 1.807) is 0 Å². The van der Waals surface area contributed by atoms with Crippen LogP contribution in [0.15, 0.2) is 335 Å². The van der Waals surface area contributed by atoms with Crippen molar-refractivity contribution in [2.24, 2.45) is 0 Å². The van der Waals surface area contributed by atoms with E-state index in [1.165, 1.54) is 20.9 Å². The van der Waals surface area contributed by atoms with Crippen LogP contribution in [0.4, 0.5) is 0 Å². The molecule has 8 heteroatoms. The topological polar surface area (TPSA) is 61.4 Å². The Balaban J connectivity index is 0.842. The Bertz CT molecular complexity index is 5510. The Morgan fingerprint density at radius 3 is 1.23 bits per heavy atom. The molecule has 0 N–H and O–H groups in total. The Morgan fingerprint density at radius 1 is 0.239 bits per heavy atom. The number of para-hydroxylation sites is 2. The molecule has 0 unspecified atom stereocenters. The highest BCUT2D eigenvalue weighted by atomic mass is 32.2. The number of nitrogens with zero attached hydrogens (tertiary/aromatic N) is 6. The van der Waals surface area contributed by atoms with Gasteiger partial charge in [0.05, 0.1) is 39.5 Å². The molecule has 0 fully saturated rings. The van der Waals surface area contributed by atoms with E-state index in [-0.39, 0.29) is 0 Å². The number of hydrogen-bond donors (Lipinski definition) is 0. The maximum absolute atomic E-state index is 5.75. The van der Waals surface area contributed by atoms with E-state index in [4.69, 9.17) is 19.9 Å². The number of rotatable bonds is 9. The molecule has 2 aliphatic rings. The van der Waals surface area contributed by atoms with Crippen molar-refractivity contribution in [2.45, 2.75) is 19.6 Å². The molecular formula is C84H52N6S2. The fraction of sp³-hybridized carbons (Fsp3) is 0. The third kappa shape index (κ3) is 9.05. The summed E-state index contributed by atoms with van der Waals surface area (Å²) >= 11 is 3.64. The average molecular weight is 1210 g/mol. The third-order valence-corrected chi connectivity index (χ3v) is 20.1. The molecule has 16 aromatic rings. The van der Waals surface area contributed by atoms with Gasteiger partial charge in [0, 0.05) is 92.1 Å². The molecule has 0 atom stereocenters. The van der Waals surface area contributed by atoms with E-state index >= 15 is 0 Å². The van der Waals surface area contributed by atoms with Crippen LogP contribution in [0.25, 0.3) is 157 Å². The number of hydrogen-bond acceptors (Lipinski definition) is 6. The van der Waals surface area contributed by atoms with Crippen LogP contribution in [-0.2, 0) is 0 Å². The van der Waals surface area contributed by atoms with E-state index < -0.39 is 0 Å². The van der Waals surface area contributed by atoms with Crippen LogP contribution >= 0.6 is 23.5 Å². The lowest BCUT2D eigenvalue weighted by Crippen LogP contribution is -2.06. The van der Waals surface area contributed by atoms with Crippen molar-refractivity contribution in [3.05, 3.63) is 315 Å². The van der Waals surface area contributed by atoms with E-state index in [1.807, 2.05) is 29.6 Å². The van der Waals surface area contributed by atoms with Gasteiger partial charge in [0.15, 0.2) is 5.82 Å². The second kappa shape index (κ2) is 22.3. The number of benzene rings is 12. The van der Waals surface area contributed by atoms with Gasteiger partial charge in [-0.2, -0.15) is 0 Å². The molecule has 12 aromatic carbocycles. The van der Waals surface area contributed by atoms with Gasteiger partial charge in [-0.05, 0) is 69.8 Å². The smallest absolute Gasteiger partial charge is 0.235 e. The summed E-state index contributed by atoms with van der Waals surface area (Å²) in [6.45, 7) is 0. The molecule has 430 valence electrons. The van der Waals surface area contributed by atoms with Crippen LogP contribution < -0.4 is 0 Å². The van der Waals surface area contributed by atoms with E-state index in [0.29, 0.717) is 11.8 Å². The van der Waals surface area contributed by atoms with Gasteiger partial charge >= 0.3 is 0 Å². The van der Waals surface area contributed by atoms with Crippen LogP contribution in [0.2, 0.25) is 0 Å². The van der Waals surface area contributed by atoms with Gasteiger partial charge in [-0.15, -0.1) is 0 Å². The summed E-state index contributed by atoms with van der Waals surface area (Å²) in [4.78, 5) is 26.9. The minimum Gasteiger partial charge on any atom is -0.292 e. The molecule has 0 spiro atoms. The van der Waals surface area contributed by atoms with Crippen molar-refractivity contribution in [3.63, 3.8) is 0 Å². The molecule has 0 radical (unpaired) electrons. The average Bonchev–Trinajstić information content (AvgIpc) is 1.56. The van der Waals surface area contributed by atoms with Gasteiger partial charge in [-0.1, -0.05) is 297 Å². The van der Waals surface area contributed by atoms with E-state index in [2.05, 4.69) is 319 Å². The first-order chi connectivity index (χ1) is 45.6. The van der Waals surface area contributed by atoms with Crippen molar-refractivity contribution in [1.29, 1.82) is 0 Å². The molecule has 92 heavy (non-hydrogen) atoms. The maximum Gasteiger partial charge on any atom is 0.235 e. The quantitative estimate of drug-likeness (QED) is 0.144. The molecule has 0 saturated carbocycles. The lowest BCUT2D eigenvalue weighted by molar-refractivity contribution is 0.973. The predicted octanol–water partition coefficient (Wildman–Crippen LogP) is 22.4. The van der Waals surface area contributed by atoms with Gasteiger partial charge in [-0.3, -0.25) is 9.13 Å². The second-order valence-electron chi connectivity index (χ2n) is 23.2. The standard InChI is InChI=1S/C84H52N6S2/c1-6-25-53(26-7-1)61-40-23-42-67-78-64-48-47-59(50-75(64)92-74-46-21-17-38-65(74)81(78)89(79(61)67)76-52-71(56-31-12-4-13-32-56)85-83(88-76)57-33-14-5-15-34-57)58-35-22-36-60(49-58)70-51-69(55-29-10-3-11-30-55)86-84(87-70)90-80-62(54-27-8-2-9-28-54)41-24-43-68(80)77-63-37-16-19-44-72(63)91-73-45-20-18-39-66(73)82(77)90/h1-52H. The van der Waals surface area contributed by atoms with E-state index in [9.17, 15) is 0 Å². The Kier molecular flexibility index (Phi) is 13.0. The molecule has 6 nitrogen and oxygen atoms in total. The number of aromatic nitrogens is 6. The normalized spacial score (nSPS) is 12.0. The lowest BCUT2D eigenvalue weighted by atomic mass is 9.94. The SMILES string of the molecule is c1ccc(-c2cc(-n3c4c(c5cccc(-c6ccccc6)c53)-c3ccc(-c5cccc(-c6cc(-c7ccccc7)nc(-n7c8c(c9cccc(-c%10ccccc%10)c97)-c7ccccc7Sc7ccccc7-8)n6)c5)cc3Sc3ccccc3-4)nc(-c3ccccc3)n2)cc1. The highest BCUT2D eigenvalue weighted by Crippen LogP contribution is 2.56. The van der Waals surface area contributed by atoms with Gasteiger partial charge in [-0.25, -0.2) is 19.9 Å². The zero-order valence-corrected chi connectivity index (χ0v) is 51.2. The Morgan fingerprint density at radius 2 is 0.641 bits per heavy atom. The molecule has 18 rings (SSSR count). The first kappa shape index (κ1) is 53.6. The molecule has 4 aromatic heterocycles. The molecule has 6 heterocycles. The Hall–Kier alpha value is -11.4. The van der Waals surface area contributed by atoms with Crippen molar-refractivity contribution in [1.82, 2.24) is 29.1 Å². The van der Waals surface area contributed by atoms with Crippen molar-refractivity contribution in [3.8, 4) is 135 Å². The van der Waals surface area contributed by atoms with Crippen molar-refractivity contribution in [2.75, 3.05) is 0 Å². The summed E-state index contributed by atoms with van der Waals surface area (Å²) in [6.07, 6.45) is 0. The minimum absolute atomic E-state index is 0.598. The van der Waals surface area contributed by atoms with E-state index in [0.717, 1.165) is 144 Å². The Labute approximate surface area is 540 Å². The molecular weight excluding hydrogens is 1160 g/mol. The van der Waals surface area contributed by atoms with Crippen LogP contribution in [0.1, 0.15) is 0 Å².